The Labute approximate surface area is 171 Å². The Morgan fingerprint density at radius 1 is 0.607 bits per heavy atom. The van der Waals surface area contributed by atoms with Crippen LogP contribution in [0.4, 0.5) is 8.78 Å². The number of alkyl halides is 2. The summed E-state index contributed by atoms with van der Waals surface area (Å²) in [4.78, 5) is 0. The molecule has 0 aromatic heterocycles. The molecule has 0 aromatic carbocycles. The molecule has 0 atom stereocenters. The van der Waals surface area contributed by atoms with Gasteiger partial charge in [-0.15, -0.1) is 0 Å². The Kier molecular flexibility index (Phi) is 17.6. The van der Waals surface area contributed by atoms with Crippen LogP contribution in [0.3, 0.4) is 0 Å². The van der Waals surface area contributed by atoms with Crippen LogP contribution in [0.1, 0.15) is 79.1 Å². The van der Waals surface area contributed by atoms with Gasteiger partial charge >= 0.3 is 0 Å². The summed E-state index contributed by atoms with van der Waals surface area (Å²) < 4.78 is 66.5. The van der Waals surface area contributed by atoms with Crippen molar-refractivity contribution >= 4 is 20.0 Å². The molecular weight excluding hydrogens is 410 g/mol. The van der Waals surface area contributed by atoms with Gasteiger partial charge in [0.25, 0.3) is 0 Å². The molecule has 28 heavy (non-hydrogen) atoms. The zero-order valence-corrected chi connectivity index (χ0v) is 19.6. The average molecular weight is 451 g/mol. The lowest BCUT2D eigenvalue weighted by atomic mass is 10.1. The first-order valence-corrected chi connectivity index (χ1v) is 13.5. The minimum atomic E-state index is -4.66. The molecule has 6 nitrogen and oxygen atoms in total. The molecule has 0 unspecified atom stereocenters. The van der Waals surface area contributed by atoms with Gasteiger partial charge in [-0.3, -0.25) is 0 Å². The van der Waals surface area contributed by atoms with E-state index in [0.29, 0.717) is 0 Å². The minimum Gasteiger partial charge on any atom is -0.432 e. The second kappa shape index (κ2) is 16.5. The first kappa shape index (κ1) is 29.9. The maximum Gasteiger partial charge on any atom is 0.174 e. The van der Waals surface area contributed by atoms with Crippen molar-refractivity contribution in [1.29, 1.82) is 0 Å². The van der Waals surface area contributed by atoms with Gasteiger partial charge in [-0.2, -0.15) is 0 Å². The van der Waals surface area contributed by atoms with E-state index < -0.39 is 32.1 Å². The lowest BCUT2D eigenvalue weighted by Crippen LogP contribution is -2.50. The molecule has 0 heterocycles. The van der Waals surface area contributed by atoms with Crippen LogP contribution in [-0.2, 0) is 20.0 Å². The van der Waals surface area contributed by atoms with Gasteiger partial charge in [-0.1, -0.05) is 53.4 Å². The summed E-state index contributed by atoms with van der Waals surface area (Å²) >= 11 is 0. The summed E-state index contributed by atoms with van der Waals surface area (Å²) in [6.07, 6.45) is 11.1. The van der Waals surface area contributed by atoms with Gasteiger partial charge in [0.1, 0.15) is 20.0 Å². The van der Waals surface area contributed by atoms with Gasteiger partial charge < -0.3 is 8.61 Å². The van der Waals surface area contributed by atoms with Crippen LogP contribution in [0.25, 0.3) is 4.13 Å². The summed E-state index contributed by atoms with van der Waals surface area (Å²) in [6.45, 7) is 15.0. The van der Waals surface area contributed by atoms with Gasteiger partial charge in [0.15, 0.2) is 12.0 Å². The van der Waals surface area contributed by atoms with Crippen molar-refractivity contribution in [2.45, 2.75) is 79.1 Å². The Morgan fingerprint density at radius 2 is 0.857 bits per heavy atom. The first-order valence-electron chi connectivity index (χ1n) is 10.2. The van der Waals surface area contributed by atoms with Crippen molar-refractivity contribution in [3.8, 4) is 0 Å². The van der Waals surface area contributed by atoms with Gasteiger partial charge in [0.05, 0.1) is 26.2 Å². The molecule has 0 saturated heterocycles. The third-order valence-electron chi connectivity index (χ3n) is 4.45. The zero-order chi connectivity index (χ0) is 22.1. The van der Waals surface area contributed by atoms with Crippen molar-refractivity contribution in [3.05, 3.63) is 4.13 Å². The van der Waals surface area contributed by atoms with Crippen LogP contribution in [-0.4, -0.2) is 59.5 Å². The molecule has 10 heteroatoms. The summed E-state index contributed by atoms with van der Waals surface area (Å²) in [7, 11) is -9.32. The third kappa shape index (κ3) is 15.6. The Morgan fingerprint density at radius 3 is 1.04 bits per heavy atom. The summed E-state index contributed by atoms with van der Waals surface area (Å²) in [5.74, 6) is 0. The van der Waals surface area contributed by atoms with Crippen molar-refractivity contribution < 1.29 is 30.1 Å². The maximum atomic E-state index is 11.4. The highest BCUT2D eigenvalue weighted by Gasteiger charge is 2.24. The van der Waals surface area contributed by atoms with Crippen LogP contribution >= 0.6 is 0 Å². The number of rotatable bonds is 16. The van der Waals surface area contributed by atoms with E-state index >= 15 is 0 Å². The molecule has 0 aliphatic heterocycles. The highest BCUT2D eigenvalue weighted by molar-refractivity contribution is 8.12. The van der Waals surface area contributed by atoms with Crippen LogP contribution in [0.15, 0.2) is 0 Å². The molecule has 0 aliphatic rings. The largest absolute Gasteiger partial charge is 0.432 e. The SMILES string of the molecule is CCCC[N+](CCCC)(CCCC)CCCC.O=S(=O)(CF)[N-]S(=O)(=O)CF. The fourth-order valence-corrected chi connectivity index (χ4v) is 4.56. The summed E-state index contributed by atoms with van der Waals surface area (Å²) in [5.41, 5.74) is 0. The number of sulfonamides is 2. The van der Waals surface area contributed by atoms with E-state index in [9.17, 15) is 25.6 Å². The van der Waals surface area contributed by atoms with Crippen LogP contribution in [0.5, 0.6) is 0 Å². The highest BCUT2D eigenvalue weighted by atomic mass is 32.3. The van der Waals surface area contributed by atoms with Crippen molar-refractivity contribution in [2.24, 2.45) is 0 Å². The number of quaternary nitrogens is 1. The van der Waals surface area contributed by atoms with E-state index in [0.717, 1.165) is 0 Å². The predicted octanol–water partition coefficient (Wildman–Crippen LogP) is 4.88. The lowest BCUT2D eigenvalue weighted by molar-refractivity contribution is -0.929. The molecule has 0 aromatic rings. The van der Waals surface area contributed by atoms with Crippen LogP contribution < -0.4 is 0 Å². The standard InChI is InChI=1S/C16H36N.C2H4F2NO4S2/c1-5-9-13-17(14-10-6-2,15-11-7-3)16-12-8-4;3-1-10(6,7)5-11(8,9)2-4/h5-16H2,1-4H3;1-2H2/q+1;-1. The van der Waals surface area contributed by atoms with Gasteiger partial charge in [0, 0.05) is 0 Å². The highest BCUT2D eigenvalue weighted by Crippen LogP contribution is 2.16. The number of halogens is 2. The van der Waals surface area contributed by atoms with E-state index in [1.807, 2.05) is 4.13 Å². The fraction of sp³-hybridized carbons (Fsp3) is 1.00. The minimum absolute atomic E-state index is 1.35. The second-order valence-corrected chi connectivity index (χ2v) is 10.5. The van der Waals surface area contributed by atoms with E-state index in [4.69, 9.17) is 0 Å². The normalized spacial score (nSPS) is 12.5. The number of nitrogens with zero attached hydrogens (tertiary/aromatic N) is 2. The smallest absolute Gasteiger partial charge is 0.174 e. The monoisotopic (exact) mass is 450 g/mol. The molecule has 0 N–H and O–H groups in total. The topological polar surface area (TPSA) is 82.4 Å². The molecule has 0 fully saturated rings. The molecule has 0 rings (SSSR count). The Balaban J connectivity index is 0. The van der Waals surface area contributed by atoms with Crippen LogP contribution in [0, 0.1) is 0 Å². The predicted molar refractivity (Wildman–Crippen MR) is 113 cm³/mol. The first-order chi connectivity index (χ1) is 13.1. The Bertz CT molecular complexity index is 501. The van der Waals surface area contributed by atoms with Crippen LogP contribution in [0.2, 0.25) is 0 Å². The van der Waals surface area contributed by atoms with Gasteiger partial charge in [-0.25, -0.2) is 25.6 Å². The van der Waals surface area contributed by atoms with Gasteiger partial charge in [0.2, 0.25) is 0 Å². The van der Waals surface area contributed by atoms with E-state index in [-0.39, 0.29) is 0 Å². The second-order valence-electron chi connectivity index (χ2n) is 7.11. The quantitative estimate of drug-likeness (QED) is 0.314. The van der Waals surface area contributed by atoms with E-state index in [1.54, 1.807) is 0 Å². The summed E-state index contributed by atoms with van der Waals surface area (Å²) in [5, 5.41) is 0. The van der Waals surface area contributed by atoms with Crippen molar-refractivity contribution in [3.63, 3.8) is 0 Å². The molecule has 0 spiro atoms. The number of unbranched alkanes of at least 4 members (excludes halogenated alkanes) is 4. The third-order valence-corrected chi connectivity index (χ3v) is 6.82. The average Bonchev–Trinajstić information content (AvgIpc) is 2.66. The molecule has 0 aliphatic carbocycles. The fourth-order valence-electron chi connectivity index (χ4n) is 2.86. The molecule has 0 radical (unpaired) electrons. The molecular formula is C18H40F2N2O4S2. The van der Waals surface area contributed by atoms with E-state index in [2.05, 4.69) is 27.7 Å². The molecule has 0 bridgehead atoms. The van der Waals surface area contributed by atoms with E-state index in [1.165, 1.54) is 82.0 Å². The Hall–Kier alpha value is -0.320. The number of hydrogen-bond donors (Lipinski definition) is 0. The summed E-state index contributed by atoms with van der Waals surface area (Å²) in [6, 6.07) is -3.90. The van der Waals surface area contributed by atoms with Crippen molar-refractivity contribution in [2.75, 3.05) is 38.2 Å². The van der Waals surface area contributed by atoms with Gasteiger partial charge in [-0.05, 0) is 25.7 Å². The molecule has 0 saturated carbocycles. The zero-order valence-electron chi connectivity index (χ0n) is 18.0. The molecule has 0 amide bonds. The lowest BCUT2D eigenvalue weighted by Gasteiger charge is -2.39. The maximum absolute atomic E-state index is 11.4. The number of hydrogen-bond acceptors (Lipinski definition) is 4. The van der Waals surface area contributed by atoms with Crippen molar-refractivity contribution in [1.82, 2.24) is 0 Å². The molecule has 172 valence electrons.